The van der Waals surface area contributed by atoms with E-state index in [1.807, 2.05) is 0 Å². The van der Waals surface area contributed by atoms with Gasteiger partial charge in [-0.1, -0.05) is 12.1 Å². The van der Waals surface area contributed by atoms with Crippen LogP contribution in [0.15, 0.2) is 48.8 Å². The van der Waals surface area contributed by atoms with E-state index in [-0.39, 0.29) is 25.0 Å². The number of hydrogen-bond acceptors (Lipinski definition) is 5. The van der Waals surface area contributed by atoms with Crippen LogP contribution in [0.25, 0.3) is 0 Å². The molecule has 0 amide bonds. The van der Waals surface area contributed by atoms with Crippen LogP contribution < -0.4 is 4.74 Å². The Morgan fingerprint density at radius 3 is 2.22 bits per heavy atom. The van der Waals surface area contributed by atoms with Gasteiger partial charge in [0.2, 0.25) is 0 Å². The van der Waals surface area contributed by atoms with Gasteiger partial charge in [0.1, 0.15) is 23.7 Å². The Balaban J connectivity index is 1.40. The monoisotopic (exact) mass is 516 g/mol. The molecule has 6 nitrogen and oxygen atoms in total. The number of nitrogens with zero attached hydrogens (tertiary/aromatic N) is 4. The molecular weight excluding hydrogens is 497 g/mol. The van der Waals surface area contributed by atoms with E-state index in [4.69, 9.17) is 0 Å². The number of aromatic nitrogens is 4. The van der Waals surface area contributed by atoms with Gasteiger partial charge in [0.25, 0.3) is 5.92 Å². The van der Waals surface area contributed by atoms with Crippen molar-refractivity contribution >= 4 is 0 Å². The van der Waals surface area contributed by atoms with E-state index < -0.39 is 58.9 Å². The predicted molar refractivity (Wildman–Crippen MR) is 109 cm³/mol. The Kier molecular flexibility index (Phi) is 5.36. The van der Waals surface area contributed by atoms with Crippen LogP contribution in [0, 0.1) is 17.0 Å². The first-order valence-electron chi connectivity index (χ1n) is 10.9. The molecule has 36 heavy (non-hydrogen) atoms. The van der Waals surface area contributed by atoms with Crippen molar-refractivity contribution in [3.05, 3.63) is 71.6 Å². The summed E-state index contributed by atoms with van der Waals surface area (Å²) in [4.78, 5) is 0. The number of ether oxygens (including phenoxy) is 1. The molecule has 1 heterocycles. The highest BCUT2D eigenvalue weighted by atomic mass is 19.4. The Labute approximate surface area is 199 Å². The number of halogens is 7. The van der Waals surface area contributed by atoms with Crippen molar-refractivity contribution in [3.8, 4) is 5.75 Å². The van der Waals surface area contributed by atoms with Gasteiger partial charge < -0.3 is 9.84 Å². The third-order valence-electron chi connectivity index (χ3n) is 7.24. The molecule has 6 rings (SSSR count). The van der Waals surface area contributed by atoms with Crippen LogP contribution in [0.4, 0.5) is 30.7 Å². The summed E-state index contributed by atoms with van der Waals surface area (Å²) >= 11 is 0. The average molecular weight is 516 g/mol. The zero-order valence-electron chi connectivity index (χ0n) is 18.4. The lowest BCUT2D eigenvalue weighted by Gasteiger charge is -2.74. The molecule has 192 valence electrons. The van der Waals surface area contributed by atoms with Crippen molar-refractivity contribution in [2.45, 2.75) is 48.9 Å². The lowest BCUT2D eigenvalue weighted by Crippen LogP contribution is -2.76. The molecule has 0 saturated heterocycles. The van der Waals surface area contributed by atoms with Crippen LogP contribution in [-0.4, -0.2) is 44.0 Å². The van der Waals surface area contributed by atoms with Gasteiger partial charge in [-0.15, -0.1) is 5.10 Å². The van der Waals surface area contributed by atoms with Crippen LogP contribution >= 0.6 is 0 Å². The van der Waals surface area contributed by atoms with Crippen molar-refractivity contribution in [2.75, 3.05) is 6.61 Å². The normalized spacial score (nSPS) is 25.0. The quantitative estimate of drug-likeness (QED) is 0.446. The zero-order valence-corrected chi connectivity index (χ0v) is 18.4. The summed E-state index contributed by atoms with van der Waals surface area (Å²) in [7, 11) is 0. The summed E-state index contributed by atoms with van der Waals surface area (Å²) in [6, 6.07) is 7.67. The van der Waals surface area contributed by atoms with Crippen molar-refractivity contribution in [3.63, 3.8) is 0 Å². The molecule has 1 atom stereocenters. The summed E-state index contributed by atoms with van der Waals surface area (Å²) in [6.45, 7) is -2.38. The van der Waals surface area contributed by atoms with Gasteiger partial charge in [-0.2, -0.15) is 13.2 Å². The van der Waals surface area contributed by atoms with Gasteiger partial charge in [-0.3, -0.25) is 0 Å². The Bertz CT molecular complexity index is 1240. The lowest BCUT2D eigenvalue weighted by atomic mass is 9.30. The molecule has 0 unspecified atom stereocenters. The molecule has 2 aromatic carbocycles. The molecule has 2 bridgehead atoms. The maximum Gasteiger partial charge on any atom is 0.422 e. The van der Waals surface area contributed by atoms with Gasteiger partial charge in [-0.25, -0.2) is 22.2 Å². The molecule has 3 aliphatic carbocycles. The fourth-order valence-electron chi connectivity index (χ4n) is 5.59. The zero-order chi connectivity index (χ0) is 26.0. The topological polar surface area (TPSA) is 73.1 Å². The van der Waals surface area contributed by atoms with Crippen molar-refractivity contribution in [1.82, 2.24) is 20.2 Å². The van der Waals surface area contributed by atoms with Crippen molar-refractivity contribution in [2.24, 2.45) is 5.41 Å². The first kappa shape index (κ1) is 24.5. The molecule has 3 fully saturated rings. The first-order valence-corrected chi connectivity index (χ1v) is 10.9. The largest absolute Gasteiger partial charge is 0.484 e. The molecule has 3 saturated carbocycles. The SMILES string of the molecule is O[C@](Cn1cnnn1)(c1cc(F)ccc1F)C(F)(F)C12CC(c3ccc(OCC(F)(F)F)cc3)(C1)C2. The van der Waals surface area contributed by atoms with Gasteiger partial charge in [0.05, 0.1) is 6.54 Å². The van der Waals surface area contributed by atoms with Gasteiger partial charge >= 0.3 is 6.18 Å². The molecule has 1 aromatic heterocycles. The minimum Gasteiger partial charge on any atom is -0.484 e. The fourth-order valence-corrected chi connectivity index (χ4v) is 5.59. The molecule has 0 spiro atoms. The van der Waals surface area contributed by atoms with Gasteiger partial charge in [0.15, 0.2) is 12.2 Å². The molecular formula is C23H19F7N4O2. The number of rotatable bonds is 8. The Morgan fingerprint density at radius 1 is 0.972 bits per heavy atom. The highest BCUT2D eigenvalue weighted by Crippen LogP contribution is 2.80. The lowest BCUT2D eigenvalue weighted by molar-refractivity contribution is -0.347. The van der Waals surface area contributed by atoms with E-state index in [9.17, 15) is 27.1 Å². The molecule has 0 radical (unpaired) electrons. The van der Waals surface area contributed by atoms with E-state index in [2.05, 4.69) is 20.3 Å². The summed E-state index contributed by atoms with van der Waals surface area (Å²) < 4.78 is 103. The number of tetrazole rings is 1. The summed E-state index contributed by atoms with van der Waals surface area (Å²) in [5.41, 5.74) is -5.81. The van der Waals surface area contributed by atoms with Crippen LogP contribution in [0.1, 0.15) is 30.4 Å². The minimum atomic E-state index is -4.50. The van der Waals surface area contributed by atoms with Crippen molar-refractivity contribution in [1.29, 1.82) is 0 Å². The Hall–Kier alpha value is -3.22. The Morgan fingerprint density at radius 2 is 1.64 bits per heavy atom. The number of benzene rings is 2. The number of hydrogen-bond donors (Lipinski definition) is 1. The smallest absolute Gasteiger partial charge is 0.422 e. The molecule has 0 aliphatic heterocycles. The second kappa shape index (κ2) is 7.89. The van der Waals surface area contributed by atoms with Crippen LogP contribution in [0.3, 0.4) is 0 Å². The fraction of sp³-hybridized carbons (Fsp3) is 0.435. The number of alkyl halides is 5. The molecule has 1 N–H and O–H groups in total. The van der Waals surface area contributed by atoms with Gasteiger partial charge in [-0.05, 0) is 71.0 Å². The van der Waals surface area contributed by atoms with Crippen LogP contribution in [0.5, 0.6) is 5.75 Å². The van der Waals surface area contributed by atoms with E-state index in [0.717, 1.165) is 17.1 Å². The number of aliphatic hydroxyl groups is 1. The minimum absolute atomic E-state index is 0.0138. The van der Waals surface area contributed by atoms with Crippen LogP contribution in [0.2, 0.25) is 0 Å². The standard InChI is InChI=1S/C23H19F7N4O2/c24-15-3-6-18(25)17(7-15)21(35,11-34-13-31-32-33-34)23(29,30)20-8-19(9-20,10-20)14-1-4-16(5-2-14)36-12-22(26,27)28/h1-7,13,35H,8-12H2/t19?,20?,21-/m1/s1. The molecule has 3 aliphatic rings. The molecule has 13 heteroatoms. The van der Waals surface area contributed by atoms with Crippen LogP contribution in [-0.2, 0) is 17.6 Å². The maximum absolute atomic E-state index is 16.1. The van der Waals surface area contributed by atoms with E-state index in [1.54, 1.807) is 0 Å². The highest BCUT2D eigenvalue weighted by molar-refractivity contribution is 5.44. The third kappa shape index (κ3) is 3.71. The second-order valence-corrected chi connectivity index (χ2v) is 9.59. The summed E-state index contributed by atoms with van der Waals surface area (Å²) in [5.74, 6) is -6.14. The van der Waals surface area contributed by atoms with E-state index in [1.165, 1.54) is 24.3 Å². The summed E-state index contributed by atoms with van der Waals surface area (Å²) in [6.07, 6.45) is -3.71. The van der Waals surface area contributed by atoms with E-state index >= 15 is 8.78 Å². The summed E-state index contributed by atoms with van der Waals surface area (Å²) in [5, 5.41) is 21.5. The predicted octanol–water partition coefficient (Wildman–Crippen LogP) is 4.54. The van der Waals surface area contributed by atoms with E-state index in [0.29, 0.717) is 17.7 Å². The first-order chi connectivity index (χ1) is 16.8. The third-order valence-corrected chi connectivity index (χ3v) is 7.24. The average Bonchev–Trinajstić information content (AvgIpc) is 3.25. The maximum atomic E-state index is 16.1. The van der Waals surface area contributed by atoms with Gasteiger partial charge in [0, 0.05) is 11.0 Å². The second-order valence-electron chi connectivity index (χ2n) is 9.59. The van der Waals surface area contributed by atoms with Crippen molar-refractivity contribution < 1.29 is 40.6 Å². The molecule has 3 aromatic rings. The highest BCUT2D eigenvalue weighted by Gasteiger charge is 2.82.